The standard InChI is InChI=1S/C27H29N3O10/c1-13(32)29-22-24(34)23(33)20(12-31)40-27(22)39-16-6-4-5-15(10-16)30-21-17-9-14(25(35)37-2)7-8-19(17)28-11-18(21)26(36)38-3/h4-11,20,22-24,27,31,33-34H,12H2,1-3H3,(H,28,30)(H,29,32)/t20-,22-,23+,24+,27-/m0/s1. The Morgan fingerprint density at radius 2 is 1.77 bits per heavy atom. The Balaban J connectivity index is 1.69. The van der Waals surface area contributed by atoms with Crippen molar-refractivity contribution in [1.82, 2.24) is 10.3 Å². The fraction of sp³-hybridized carbons (Fsp3) is 0.333. The number of anilines is 2. The number of pyridine rings is 1. The van der Waals surface area contributed by atoms with Gasteiger partial charge in [-0.25, -0.2) is 9.59 Å². The number of nitrogens with one attached hydrogen (secondary N) is 2. The van der Waals surface area contributed by atoms with Crippen molar-refractivity contribution in [1.29, 1.82) is 0 Å². The zero-order chi connectivity index (χ0) is 29.0. The van der Waals surface area contributed by atoms with Crippen LogP contribution < -0.4 is 15.4 Å². The highest BCUT2D eigenvalue weighted by Crippen LogP contribution is 2.32. The second-order valence-electron chi connectivity index (χ2n) is 8.97. The molecule has 212 valence electrons. The Bertz CT molecular complexity index is 1410. The van der Waals surface area contributed by atoms with Crippen LogP contribution in [0.5, 0.6) is 5.75 Å². The van der Waals surface area contributed by atoms with Gasteiger partial charge in [0, 0.05) is 30.3 Å². The number of carbonyl (C=O) groups excluding carboxylic acids is 3. The van der Waals surface area contributed by atoms with E-state index in [1.165, 1.54) is 27.3 Å². The van der Waals surface area contributed by atoms with Crippen LogP contribution in [0.15, 0.2) is 48.7 Å². The van der Waals surface area contributed by atoms with Crippen LogP contribution in [0.2, 0.25) is 0 Å². The van der Waals surface area contributed by atoms with Crippen molar-refractivity contribution < 1.29 is 48.7 Å². The number of methoxy groups -OCH3 is 2. The number of ether oxygens (including phenoxy) is 4. The fourth-order valence-electron chi connectivity index (χ4n) is 4.33. The molecule has 0 aliphatic carbocycles. The third kappa shape index (κ3) is 5.97. The topological polar surface area (TPSA) is 186 Å². The summed E-state index contributed by atoms with van der Waals surface area (Å²) in [5, 5.41) is 36.5. The van der Waals surface area contributed by atoms with Gasteiger partial charge in [-0.2, -0.15) is 0 Å². The number of aliphatic hydroxyl groups excluding tert-OH is 3. The molecule has 5 N–H and O–H groups in total. The smallest absolute Gasteiger partial charge is 0.341 e. The largest absolute Gasteiger partial charge is 0.465 e. The molecule has 0 radical (unpaired) electrons. The van der Waals surface area contributed by atoms with Crippen molar-refractivity contribution in [3.63, 3.8) is 0 Å². The highest BCUT2D eigenvalue weighted by Gasteiger charge is 2.46. The average molecular weight is 556 g/mol. The summed E-state index contributed by atoms with van der Waals surface area (Å²) >= 11 is 0. The lowest BCUT2D eigenvalue weighted by atomic mass is 9.97. The molecule has 1 aromatic heterocycles. The van der Waals surface area contributed by atoms with E-state index in [9.17, 15) is 29.7 Å². The first-order chi connectivity index (χ1) is 19.2. The maximum Gasteiger partial charge on any atom is 0.341 e. The third-order valence-corrected chi connectivity index (χ3v) is 6.30. The molecule has 0 bridgehead atoms. The van der Waals surface area contributed by atoms with E-state index in [1.54, 1.807) is 42.5 Å². The molecule has 13 heteroatoms. The van der Waals surface area contributed by atoms with Gasteiger partial charge in [-0.05, 0) is 30.3 Å². The lowest BCUT2D eigenvalue weighted by Gasteiger charge is -2.42. The molecular formula is C27H29N3O10. The Morgan fingerprint density at radius 1 is 1.02 bits per heavy atom. The van der Waals surface area contributed by atoms with Crippen LogP contribution in [-0.2, 0) is 19.0 Å². The number of hydrogen-bond donors (Lipinski definition) is 5. The van der Waals surface area contributed by atoms with Crippen LogP contribution in [-0.4, -0.2) is 89.6 Å². The molecule has 4 rings (SSSR count). The molecule has 2 aromatic carbocycles. The maximum atomic E-state index is 12.6. The quantitative estimate of drug-likeness (QED) is 0.247. The van der Waals surface area contributed by atoms with E-state index < -0.39 is 55.1 Å². The van der Waals surface area contributed by atoms with E-state index in [4.69, 9.17) is 18.9 Å². The first-order valence-electron chi connectivity index (χ1n) is 12.2. The van der Waals surface area contributed by atoms with Crippen LogP contribution in [0.25, 0.3) is 10.9 Å². The summed E-state index contributed by atoms with van der Waals surface area (Å²) in [6.07, 6.45) is -3.99. The molecule has 5 atom stereocenters. The summed E-state index contributed by atoms with van der Waals surface area (Å²) in [6.45, 7) is 0.647. The Hall–Kier alpha value is -4.30. The van der Waals surface area contributed by atoms with E-state index in [2.05, 4.69) is 15.6 Å². The molecular weight excluding hydrogens is 526 g/mol. The van der Waals surface area contributed by atoms with Crippen molar-refractivity contribution in [2.24, 2.45) is 0 Å². The number of esters is 2. The number of amides is 1. The maximum absolute atomic E-state index is 12.6. The van der Waals surface area contributed by atoms with E-state index in [-0.39, 0.29) is 16.9 Å². The number of benzene rings is 2. The lowest BCUT2D eigenvalue weighted by molar-refractivity contribution is -0.244. The van der Waals surface area contributed by atoms with Crippen molar-refractivity contribution >= 4 is 40.1 Å². The molecule has 2 heterocycles. The summed E-state index contributed by atoms with van der Waals surface area (Å²) in [5.74, 6) is -1.48. The van der Waals surface area contributed by atoms with E-state index >= 15 is 0 Å². The summed E-state index contributed by atoms with van der Waals surface area (Å²) in [5.41, 5.74) is 1.60. The van der Waals surface area contributed by atoms with Gasteiger partial charge in [-0.3, -0.25) is 9.78 Å². The van der Waals surface area contributed by atoms with Gasteiger partial charge in [0.05, 0.1) is 37.6 Å². The average Bonchev–Trinajstić information content (AvgIpc) is 2.96. The van der Waals surface area contributed by atoms with E-state index in [0.717, 1.165) is 0 Å². The second-order valence-corrected chi connectivity index (χ2v) is 8.97. The Morgan fingerprint density at radius 3 is 2.45 bits per heavy atom. The van der Waals surface area contributed by atoms with Crippen LogP contribution in [0, 0.1) is 0 Å². The highest BCUT2D eigenvalue weighted by atomic mass is 16.7. The number of aromatic nitrogens is 1. The molecule has 0 unspecified atom stereocenters. The van der Waals surface area contributed by atoms with Crippen LogP contribution in [0.3, 0.4) is 0 Å². The molecule has 1 aliphatic rings. The number of nitrogens with zero attached hydrogens (tertiary/aromatic N) is 1. The van der Waals surface area contributed by atoms with Crippen LogP contribution in [0.4, 0.5) is 11.4 Å². The van der Waals surface area contributed by atoms with Gasteiger partial charge in [0.1, 0.15) is 35.7 Å². The van der Waals surface area contributed by atoms with Gasteiger partial charge in [-0.15, -0.1) is 0 Å². The van der Waals surface area contributed by atoms with E-state index in [0.29, 0.717) is 22.3 Å². The summed E-state index contributed by atoms with van der Waals surface area (Å²) < 4.78 is 21.3. The Labute approximate surface area is 228 Å². The summed E-state index contributed by atoms with van der Waals surface area (Å²) in [7, 11) is 2.49. The predicted octanol–water partition coefficient (Wildman–Crippen LogP) is 0.874. The SMILES string of the molecule is COC(=O)c1ccc2ncc(C(=O)OC)c(Nc3cccc(O[C@H]4O[C@@H](CO)[C@@H](O)[C@H](O)[C@@H]4NC(C)=O)c3)c2c1. The van der Waals surface area contributed by atoms with Gasteiger partial charge in [0.2, 0.25) is 12.2 Å². The first kappa shape index (κ1) is 28.7. The molecule has 1 aliphatic heterocycles. The number of fused-ring (bicyclic) bond motifs is 1. The normalized spacial score (nSPS) is 22.3. The Kier molecular flexibility index (Phi) is 8.80. The molecule has 1 amide bonds. The van der Waals surface area contributed by atoms with Gasteiger partial charge >= 0.3 is 11.9 Å². The molecule has 40 heavy (non-hydrogen) atoms. The third-order valence-electron chi connectivity index (χ3n) is 6.30. The zero-order valence-electron chi connectivity index (χ0n) is 21.9. The minimum absolute atomic E-state index is 0.104. The van der Waals surface area contributed by atoms with Crippen LogP contribution in [0.1, 0.15) is 27.6 Å². The molecule has 1 saturated heterocycles. The minimum atomic E-state index is -1.48. The molecule has 13 nitrogen and oxygen atoms in total. The number of carbonyl (C=O) groups is 3. The number of aliphatic hydroxyl groups is 3. The predicted molar refractivity (Wildman–Crippen MR) is 140 cm³/mol. The van der Waals surface area contributed by atoms with Gasteiger partial charge < -0.3 is 44.9 Å². The van der Waals surface area contributed by atoms with Crippen molar-refractivity contribution in [2.75, 3.05) is 26.1 Å². The lowest BCUT2D eigenvalue weighted by Crippen LogP contribution is -2.65. The van der Waals surface area contributed by atoms with Crippen molar-refractivity contribution in [3.05, 3.63) is 59.8 Å². The van der Waals surface area contributed by atoms with Gasteiger partial charge in [0.25, 0.3) is 0 Å². The number of hydrogen-bond acceptors (Lipinski definition) is 12. The monoisotopic (exact) mass is 555 g/mol. The van der Waals surface area contributed by atoms with E-state index in [1.807, 2.05) is 0 Å². The van der Waals surface area contributed by atoms with Gasteiger partial charge in [-0.1, -0.05) is 6.07 Å². The molecule has 3 aromatic rings. The van der Waals surface area contributed by atoms with Crippen molar-refractivity contribution in [2.45, 2.75) is 37.6 Å². The summed E-state index contributed by atoms with van der Waals surface area (Å²) in [4.78, 5) is 40.8. The number of rotatable bonds is 8. The van der Waals surface area contributed by atoms with Crippen molar-refractivity contribution in [3.8, 4) is 5.75 Å². The molecule has 1 fully saturated rings. The molecule has 0 saturated carbocycles. The summed E-state index contributed by atoms with van der Waals surface area (Å²) in [6, 6.07) is 10.1. The van der Waals surface area contributed by atoms with Gasteiger partial charge in [0.15, 0.2) is 0 Å². The molecule has 0 spiro atoms. The first-order valence-corrected chi connectivity index (χ1v) is 12.2. The zero-order valence-corrected chi connectivity index (χ0v) is 21.9. The van der Waals surface area contributed by atoms with Crippen LogP contribution >= 0.6 is 0 Å². The minimum Gasteiger partial charge on any atom is -0.465 e. The highest BCUT2D eigenvalue weighted by molar-refractivity contribution is 6.07. The second kappa shape index (κ2) is 12.3. The fourth-order valence-corrected chi connectivity index (χ4v) is 4.33.